The third kappa shape index (κ3) is 4.46. The molecule has 0 spiro atoms. The molecule has 2 aliphatic heterocycles. The number of pyridine rings is 1. The Balaban J connectivity index is 1.48. The van der Waals surface area contributed by atoms with Crippen molar-refractivity contribution in [3.05, 3.63) is 33.7 Å². The summed E-state index contributed by atoms with van der Waals surface area (Å²) in [5, 5.41) is 3.74. The highest BCUT2D eigenvalue weighted by Gasteiger charge is 2.47. The molecule has 3 aliphatic rings. The number of nitrogens with zero attached hydrogens (tertiary/aromatic N) is 2. The molecule has 1 unspecified atom stereocenters. The predicted octanol–water partition coefficient (Wildman–Crippen LogP) is 3.17. The van der Waals surface area contributed by atoms with E-state index in [-0.39, 0.29) is 30.7 Å². The van der Waals surface area contributed by atoms with Crippen LogP contribution in [0.5, 0.6) is 0 Å². The number of amides is 1. The zero-order valence-electron chi connectivity index (χ0n) is 18.7. The van der Waals surface area contributed by atoms with Gasteiger partial charge in [0.15, 0.2) is 0 Å². The molecule has 1 aromatic heterocycles. The minimum atomic E-state index is -4.59. The molecule has 3 heterocycles. The zero-order valence-corrected chi connectivity index (χ0v) is 18.7. The minimum absolute atomic E-state index is 0.000404. The van der Waals surface area contributed by atoms with Crippen molar-refractivity contribution >= 4 is 5.91 Å². The summed E-state index contributed by atoms with van der Waals surface area (Å²) in [7, 11) is 0. The molecule has 4 atom stereocenters. The first-order valence-corrected chi connectivity index (χ1v) is 11.6. The summed E-state index contributed by atoms with van der Waals surface area (Å²) in [6, 6.07) is 2.27. The molecule has 1 aliphatic carbocycles. The molecule has 1 N–H and O–H groups in total. The molecule has 1 saturated heterocycles. The molecular formula is C23H32F3N3O3. The lowest BCUT2D eigenvalue weighted by Crippen LogP contribution is -2.49. The maximum Gasteiger partial charge on any atom is 0.416 e. The summed E-state index contributed by atoms with van der Waals surface area (Å²) in [5.41, 5.74) is -1.87. The number of hydrogen-bond donors (Lipinski definition) is 1. The molecule has 1 aromatic rings. The fraction of sp³-hybridized carbons (Fsp3) is 0.739. The van der Waals surface area contributed by atoms with Crippen molar-refractivity contribution in [3.63, 3.8) is 0 Å². The van der Waals surface area contributed by atoms with E-state index in [0.29, 0.717) is 31.0 Å². The van der Waals surface area contributed by atoms with E-state index in [1.54, 1.807) is 4.90 Å². The van der Waals surface area contributed by atoms with E-state index in [4.69, 9.17) is 4.74 Å². The monoisotopic (exact) mass is 455 g/mol. The number of halogens is 3. The smallest absolute Gasteiger partial charge is 0.381 e. The SMILES string of the molecule is CC[C@]1(C(=O)N2CCn3c(cc(C(F)(F)F)cc3=O)C2)CCC(N[C@H]2CCOC[C@H]2C)C1. The number of nitrogens with one attached hydrogen (secondary N) is 1. The van der Waals surface area contributed by atoms with Crippen LogP contribution in [0, 0.1) is 11.3 Å². The Morgan fingerprint density at radius 1 is 1.28 bits per heavy atom. The first kappa shape index (κ1) is 23.3. The van der Waals surface area contributed by atoms with Crippen molar-refractivity contribution < 1.29 is 22.7 Å². The predicted molar refractivity (Wildman–Crippen MR) is 113 cm³/mol. The maximum atomic E-state index is 13.6. The molecule has 0 bridgehead atoms. The van der Waals surface area contributed by atoms with Crippen LogP contribution >= 0.6 is 0 Å². The summed E-state index contributed by atoms with van der Waals surface area (Å²) in [6.07, 6.45) is -0.520. The Morgan fingerprint density at radius 3 is 2.75 bits per heavy atom. The molecule has 6 nitrogen and oxygen atoms in total. The van der Waals surface area contributed by atoms with E-state index < -0.39 is 22.7 Å². The lowest BCUT2D eigenvalue weighted by Gasteiger charge is -2.38. The first-order valence-electron chi connectivity index (χ1n) is 11.6. The van der Waals surface area contributed by atoms with Crippen LogP contribution in [-0.2, 0) is 28.8 Å². The van der Waals surface area contributed by atoms with Gasteiger partial charge in [-0.1, -0.05) is 13.8 Å². The fourth-order valence-corrected chi connectivity index (χ4v) is 5.57. The van der Waals surface area contributed by atoms with Crippen molar-refractivity contribution in [3.8, 4) is 0 Å². The number of ether oxygens (including phenoxy) is 1. The zero-order chi connectivity index (χ0) is 23.1. The van der Waals surface area contributed by atoms with E-state index in [1.165, 1.54) is 4.57 Å². The molecule has 9 heteroatoms. The van der Waals surface area contributed by atoms with E-state index in [2.05, 4.69) is 12.2 Å². The number of carbonyl (C=O) groups is 1. The summed E-state index contributed by atoms with van der Waals surface area (Å²) < 4.78 is 46.4. The Kier molecular flexibility index (Phi) is 6.42. The van der Waals surface area contributed by atoms with E-state index in [9.17, 15) is 22.8 Å². The third-order valence-corrected chi connectivity index (χ3v) is 7.60. The maximum absolute atomic E-state index is 13.6. The van der Waals surface area contributed by atoms with E-state index in [0.717, 1.165) is 45.0 Å². The molecule has 0 aromatic carbocycles. The van der Waals surface area contributed by atoms with Gasteiger partial charge in [0, 0.05) is 43.5 Å². The summed E-state index contributed by atoms with van der Waals surface area (Å²) in [5.74, 6) is 0.427. The second-order valence-electron chi connectivity index (χ2n) is 9.64. The Morgan fingerprint density at radius 2 is 2.06 bits per heavy atom. The van der Waals surface area contributed by atoms with Gasteiger partial charge in [-0.3, -0.25) is 9.59 Å². The van der Waals surface area contributed by atoms with Crippen molar-refractivity contribution in [2.24, 2.45) is 11.3 Å². The van der Waals surface area contributed by atoms with Crippen LogP contribution in [0.1, 0.15) is 57.2 Å². The number of aromatic nitrogens is 1. The van der Waals surface area contributed by atoms with Gasteiger partial charge in [0.05, 0.1) is 24.1 Å². The van der Waals surface area contributed by atoms with Gasteiger partial charge in [-0.25, -0.2) is 0 Å². The molecule has 0 radical (unpaired) electrons. The standard InChI is InChI=1S/C23H32F3N3O3/c1-3-22(6-4-17(12-22)27-19-5-9-32-14-15(19)2)21(31)28-7-8-29-18(13-28)10-16(11-20(29)30)23(24,25)26/h10-11,15,17,19,27H,3-9,12-14H2,1-2H3/t15-,17?,19+,22+/m1/s1. The van der Waals surface area contributed by atoms with Crippen LogP contribution in [-0.4, -0.2) is 47.2 Å². The Labute approximate surface area is 186 Å². The molecule has 1 amide bonds. The second-order valence-corrected chi connectivity index (χ2v) is 9.64. The molecule has 4 rings (SSSR count). The van der Waals surface area contributed by atoms with Crippen molar-refractivity contribution in [1.82, 2.24) is 14.8 Å². The third-order valence-electron chi connectivity index (χ3n) is 7.60. The summed E-state index contributed by atoms with van der Waals surface area (Å²) in [6.45, 7) is 6.28. The van der Waals surface area contributed by atoms with Gasteiger partial charge in [0.1, 0.15) is 0 Å². The lowest BCUT2D eigenvalue weighted by molar-refractivity contribution is -0.144. The van der Waals surface area contributed by atoms with Crippen molar-refractivity contribution in [2.45, 2.75) is 77.3 Å². The minimum Gasteiger partial charge on any atom is -0.381 e. The van der Waals surface area contributed by atoms with Crippen LogP contribution in [0.4, 0.5) is 13.2 Å². The molecule has 178 valence electrons. The molecular weight excluding hydrogens is 423 g/mol. The van der Waals surface area contributed by atoms with E-state index in [1.807, 2.05) is 6.92 Å². The Hall–Kier alpha value is -1.87. The van der Waals surface area contributed by atoms with Gasteiger partial charge in [-0.2, -0.15) is 13.2 Å². The second kappa shape index (κ2) is 8.82. The number of carbonyl (C=O) groups excluding carboxylic acids is 1. The van der Waals surface area contributed by atoms with Gasteiger partial charge >= 0.3 is 6.18 Å². The highest BCUT2D eigenvalue weighted by Crippen LogP contribution is 2.44. The van der Waals surface area contributed by atoms with Crippen molar-refractivity contribution in [2.75, 3.05) is 19.8 Å². The summed E-state index contributed by atoms with van der Waals surface area (Å²) in [4.78, 5) is 27.4. The molecule has 1 saturated carbocycles. The van der Waals surface area contributed by atoms with Crippen LogP contribution < -0.4 is 10.9 Å². The number of alkyl halides is 3. The average Bonchev–Trinajstić information content (AvgIpc) is 3.18. The van der Waals surface area contributed by atoms with Gasteiger partial charge in [-0.15, -0.1) is 0 Å². The first-order chi connectivity index (χ1) is 15.1. The van der Waals surface area contributed by atoms with Crippen LogP contribution in [0.15, 0.2) is 16.9 Å². The fourth-order valence-electron chi connectivity index (χ4n) is 5.57. The molecule has 2 fully saturated rings. The quantitative estimate of drug-likeness (QED) is 0.758. The van der Waals surface area contributed by atoms with Crippen LogP contribution in [0.3, 0.4) is 0 Å². The topological polar surface area (TPSA) is 63.6 Å². The van der Waals surface area contributed by atoms with Gasteiger partial charge < -0.3 is 19.5 Å². The highest BCUT2D eigenvalue weighted by molar-refractivity contribution is 5.83. The van der Waals surface area contributed by atoms with Crippen LogP contribution in [0.25, 0.3) is 0 Å². The number of fused-ring (bicyclic) bond motifs is 1. The normalized spacial score (nSPS) is 30.9. The summed E-state index contributed by atoms with van der Waals surface area (Å²) >= 11 is 0. The van der Waals surface area contributed by atoms with Crippen LogP contribution in [0.2, 0.25) is 0 Å². The van der Waals surface area contributed by atoms with Gasteiger partial charge in [0.25, 0.3) is 5.56 Å². The highest BCUT2D eigenvalue weighted by atomic mass is 19.4. The number of hydrogen-bond acceptors (Lipinski definition) is 4. The average molecular weight is 456 g/mol. The van der Waals surface area contributed by atoms with Crippen molar-refractivity contribution in [1.29, 1.82) is 0 Å². The largest absolute Gasteiger partial charge is 0.416 e. The molecule has 32 heavy (non-hydrogen) atoms. The van der Waals surface area contributed by atoms with Gasteiger partial charge in [0.2, 0.25) is 5.91 Å². The Bertz CT molecular complexity index is 916. The van der Waals surface area contributed by atoms with E-state index >= 15 is 0 Å². The number of rotatable bonds is 4. The van der Waals surface area contributed by atoms with Gasteiger partial charge in [-0.05, 0) is 44.1 Å². The lowest BCUT2D eigenvalue weighted by atomic mass is 9.81.